The standard InChI is InChI=1S/C35H36F2N11O11PS2.C34H35F2N11O10P2S2.C7H8ClO2P.C5H5N.H3N/c1-16(2)29(50)45-34-44-28-23(31(52)46-34)42-15-48(28)33-25(20(36)18(11-49)56-33)59-60(62,54-10-6-9-38)55-12-19-24(58-35(53)61)21(37)32(57-19)47-14-41-22-26(39-13-40-27(22)47)43-30(51)17-7-4-3-5-8-17;1-16(2)29(48)44-34-43-28-23(31(50)45-34)41-15-47(28)33-25-20(35)18(54-33)11-51-58(60)56-24-19(12-53-59(61,57-25)52-10-6-9-37)55-32(21(24)36)46-14-40-22-26(38-13-39-27(22)46)42-30(49)17-7-4-3-5-8-17;1-11(8,9)10-7-5-3-2-4-6-7;1-2-4-6-5-3-1;/h3-5,7-8,13-16,18-21,24-25,32-33,49H,6,10-12H2,1-2H3,(H,53,61)(H,39,40,43,51)(H2,44,45,46,50,52);3-5,7-8,13-16,18-21,24-25,32-33,60H,6,10-12H2,1-2H3,(H,38,39,42,49)(H2,43,44,45,48,50);2-6H,1H3;1-5H;1H3/p+1/t18-,19-,20-,21+,24-,25-,32-,33-,60?;18-,19-,20-,21+,24-,25-,32-,33-,58?,59?;;;/m11.../s1. The van der Waals surface area contributed by atoms with E-state index in [1.54, 1.807) is 113 Å². The van der Waals surface area contributed by atoms with E-state index >= 15 is 17.6 Å². The van der Waals surface area contributed by atoms with Gasteiger partial charge >= 0.3 is 25.5 Å². The number of hydrogen-bond acceptors (Lipinski definition) is 39. The molecule has 5 aliphatic heterocycles. The zero-order valence-electron chi connectivity index (χ0n) is 74.2. The van der Waals surface area contributed by atoms with Crippen molar-refractivity contribution in [2.45, 2.75) is 139 Å². The molecule has 47 nitrogen and oxygen atoms in total. The number of pyridine rings is 1. The predicted molar refractivity (Wildman–Crippen MR) is 508 cm³/mol. The van der Waals surface area contributed by atoms with Crippen LogP contribution in [0.15, 0.2) is 169 Å². The second kappa shape index (κ2) is 48.3. The average molecular weight is 2130 g/mol. The third kappa shape index (κ3) is 26.3. The van der Waals surface area contributed by atoms with Crippen molar-refractivity contribution in [1.82, 2.24) is 84.2 Å². The van der Waals surface area contributed by atoms with Crippen LogP contribution < -0.4 is 48.0 Å². The number of aliphatic hydroxyl groups excluding tert-OH is 1. The third-order valence-corrected chi connectivity index (χ3v) is 27.6. The van der Waals surface area contributed by atoms with Gasteiger partial charge in [-0.15, -0.1) is 0 Å². The highest BCUT2D eigenvalue weighted by Gasteiger charge is 2.56. The van der Waals surface area contributed by atoms with Crippen molar-refractivity contribution in [3.8, 4) is 17.9 Å². The number of thiol groups is 2. The number of H-pyrrole nitrogens is 3. The molecule has 0 spiro atoms. The molecular weight excluding hydrogens is 2040 g/mol. The summed E-state index contributed by atoms with van der Waals surface area (Å²) in [5, 5.41) is 37.7. The van der Waals surface area contributed by atoms with E-state index in [1.165, 1.54) is 45.7 Å². The molecule has 2 bridgehead atoms. The second-order valence-corrected chi connectivity index (χ2v) is 42.7. The van der Waals surface area contributed by atoms with Crippen molar-refractivity contribution in [3.63, 3.8) is 0 Å². The number of halogens is 5. The molecule has 11 N–H and O–H groups in total. The molecule has 0 aliphatic carbocycles. The summed E-state index contributed by atoms with van der Waals surface area (Å²) < 4.78 is 164. The largest absolute Gasteiger partial charge is 0.448 e. The number of amides is 4. The van der Waals surface area contributed by atoms with Gasteiger partial charge < -0.3 is 77.2 Å². The monoisotopic (exact) mass is 2130 g/mol. The normalized spacial score (nSPS) is 25.0. The minimum Gasteiger partial charge on any atom is -0.448 e. The zero-order chi connectivity index (χ0) is 99.9. The maximum Gasteiger partial charge on any atom is 0.364 e. The van der Waals surface area contributed by atoms with Crippen LogP contribution in [0.1, 0.15) is 86.2 Å². The van der Waals surface area contributed by atoms with E-state index in [-0.39, 0.29) is 100 Å². The van der Waals surface area contributed by atoms with Crippen molar-refractivity contribution in [3.05, 3.63) is 191 Å². The first-order valence-corrected chi connectivity index (χ1v) is 52.9. The number of fused-ring (bicyclic) bond motifs is 7. The fourth-order valence-electron chi connectivity index (χ4n) is 14.0. The molecule has 12 aromatic rings. The van der Waals surface area contributed by atoms with Crippen molar-refractivity contribution >= 4 is 185 Å². The first-order valence-electron chi connectivity index (χ1n) is 42.1. The van der Waals surface area contributed by atoms with E-state index in [0.717, 1.165) is 17.2 Å². The molecule has 3 aromatic carbocycles. The SMILES string of the molecule is CC(C)C(=O)Nc1nc2c(ncn2[C@@H]2O[C@@H]3COP(S)O[C@H]4[C@H](F)[C@H](n5cnc6c(NC(=O)c7ccccc7)ncnc65)O[C@@H]4COP(=S)(OCCC#N)O[C@@H]2[C@@H]3F)c(=O)[nH]1.CC(C)C(=O)Nc1nc2c(ncn2[C@@H]2O[C@H](CO)[C@@H](F)[C@H]2OP(=S)(OCCC#N)OC[C@H]2O[C@@H](n3cnc4c(NC(=O)c5ccccc5)ncnc43)[C@@H](F)[C@@H]2OC(=O)S)c(=O)[nH]1.CP(=O)(Cl)Oc1ccccc1.N.c1cc[nH+]cc1. The summed E-state index contributed by atoms with van der Waals surface area (Å²) in [6.07, 6.45) is -15.9. The van der Waals surface area contributed by atoms with Crippen LogP contribution in [-0.2, 0) is 97.6 Å². The smallest absolute Gasteiger partial charge is 0.364 e. The summed E-state index contributed by atoms with van der Waals surface area (Å²) >= 11 is 24.9. The summed E-state index contributed by atoms with van der Waals surface area (Å²) in [7, 11) is -2.25. The summed E-state index contributed by atoms with van der Waals surface area (Å²) in [5.74, 6) is -2.61. The van der Waals surface area contributed by atoms with Gasteiger partial charge in [0.1, 0.15) is 61.1 Å². The molecule has 748 valence electrons. The van der Waals surface area contributed by atoms with E-state index in [2.05, 4.69) is 111 Å². The Morgan fingerprint density at radius 3 is 1.61 bits per heavy atom. The first kappa shape index (κ1) is 107. The number of ether oxygens (including phenoxy) is 5. The number of hydrogen-bond donors (Lipinski definition) is 10. The van der Waals surface area contributed by atoms with Gasteiger partial charge in [0.2, 0.25) is 31.3 Å². The number of carbonyl (C=O) groups is 5. The van der Waals surface area contributed by atoms with Gasteiger partial charge in [0.05, 0.1) is 89.9 Å². The fourth-order valence-corrected chi connectivity index (χ4v) is 20.3. The number of imidazole rings is 4. The van der Waals surface area contributed by atoms with Crippen molar-refractivity contribution < 1.29 is 121 Å². The maximum absolute atomic E-state index is 16.7. The summed E-state index contributed by atoms with van der Waals surface area (Å²) in [4.78, 5) is 139. The molecule has 4 unspecified atom stereocenters. The first-order chi connectivity index (χ1) is 67.1. The highest BCUT2D eigenvalue weighted by molar-refractivity contribution is 8.42. The van der Waals surface area contributed by atoms with Gasteiger partial charge in [0.15, 0.2) is 124 Å². The molecule has 5 aliphatic rings. The van der Waals surface area contributed by atoms with Crippen molar-refractivity contribution in [1.29, 1.82) is 10.5 Å². The van der Waals surface area contributed by atoms with E-state index in [0.29, 0.717) is 16.9 Å². The Balaban J connectivity index is 0.000000201. The Morgan fingerprint density at radius 1 is 0.624 bits per heavy atom. The van der Waals surface area contributed by atoms with Crippen LogP contribution in [-0.4, -0.2) is 232 Å². The van der Waals surface area contributed by atoms with Crippen LogP contribution in [0.25, 0.3) is 44.7 Å². The number of aromatic nitrogens is 17. The Kier molecular flexibility index (Phi) is 36.7. The van der Waals surface area contributed by atoms with Crippen molar-refractivity contribution in [2.75, 3.05) is 67.6 Å². The quantitative estimate of drug-likeness (QED) is 0.00751. The Labute approximate surface area is 822 Å². The third-order valence-electron chi connectivity index (χ3n) is 20.6. The summed E-state index contributed by atoms with van der Waals surface area (Å²) in [6, 6.07) is 35.2. The minimum absolute atomic E-state index is 0. The van der Waals surface area contributed by atoms with Gasteiger partial charge in [0.25, 0.3) is 22.9 Å². The molecule has 5 saturated heterocycles. The van der Waals surface area contributed by atoms with Gasteiger partial charge in [-0.3, -0.25) is 81.2 Å². The molecule has 9 aromatic heterocycles. The average Bonchev–Trinajstić information content (AvgIpc) is 1.61. The number of aromatic amines is 3. The van der Waals surface area contributed by atoms with Crippen molar-refractivity contribution in [2.24, 2.45) is 11.8 Å². The van der Waals surface area contributed by atoms with E-state index in [4.69, 9.17) is 99.3 Å². The fraction of sp³-hybridized carbons (Fsp3) is 0.383. The molecular formula is C81H88ClF4N24O23P4S4+. The summed E-state index contributed by atoms with van der Waals surface area (Å²) in [5.41, 5.74) is -1.04. The van der Waals surface area contributed by atoms with Crippen LogP contribution in [0.2, 0.25) is 0 Å². The van der Waals surface area contributed by atoms with Gasteiger partial charge in [-0.05, 0) is 71.3 Å². The number of rotatable bonds is 27. The Morgan fingerprint density at radius 2 is 1.11 bits per heavy atom. The van der Waals surface area contributed by atoms with E-state index in [9.17, 15) is 53.8 Å². The molecule has 5 fully saturated rings. The van der Waals surface area contributed by atoms with Crippen LogP contribution in [0.4, 0.5) is 45.9 Å². The lowest BCUT2D eigenvalue weighted by atomic mass is 10.1. The van der Waals surface area contributed by atoms with E-state index in [1.807, 2.05) is 48.8 Å². The highest BCUT2D eigenvalue weighted by atomic mass is 35.7. The van der Waals surface area contributed by atoms with E-state index < -0.39 is 204 Å². The molecule has 17 rings (SSSR count). The molecule has 20 atom stereocenters. The molecule has 4 amide bonds. The number of nitrogens with zero attached hydrogens (tertiary/aromatic N) is 16. The van der Waals surface area contributed by atoms with Crippen LogP contribution in [0.3, 0.4) is 0 Å². The van der Waals surface area contributed by atoms with Gasteiger partial charge in [0, 0.05) is 41.8 Å². The molecule has 14 heterocycles. The number of nitrogens with one attached hydrogen (secondary N) is 7. The van der Waals surface area contributed by atoms with Crippen LogP contribution in [0, 0.1) is 34.5 Å². The number of carbonyl (C=O) groups excluding carboxylic acids is 5. The molecule has 141 heavy (non-hydrogen) atoms. The minimum atomic E-state index is -4.26. The number of para-hydroxylation sites is 1. The lowest BCUT2D eigenvalue weighted by Crippen LogP contribution is -2.36. The zero-order valence-corrected chi connectivity index (χ0v) is 82.0. The summed E-state index contributed by atoms with van der Waals surface area (Å²) in [6.45, 7) is -6.61. The molecule has 0 saturated carbocycles. The number of aliphatic hydroxyl groups is 1. The molecule has 0 radical (unpaired) electrons. The number of benzene rings is 3. The number of anilines is 4. The second-order valence-electron chi connectivity index (χ2n) is 31.0. The molecule has 60 heteroatoms. The lowest BCUT2D eigenvalue weighted by molar-refractivity contribution is -0.378. The predicted octanol–water partition coefficient (Wildman–Crippen LogP) is 11.5. The number of nitriles is 2. The lowest BCUT2D eigenvalue weighted by Gasteiger charge is -2.29. The van der Waals surface area contributed by atoms with Crippen LogP contribution >= 0.6 is 63.9 Å². The number of alkyl halides is 4. The van der Waals surface area contributed by atoms with Gasteiger partial charge in [-0.2, -0.15) is 20.5 Å². The highest BCUT2D eigenvalue weighted by Crippen LogP contribution is 2.59. The Hall–Kier alpha value is -11.2. The maximum atomic E-state index is 16.7. The Bertz CT molecular complexity index is 6750. The van der Waals surface area contributed by atoms with Crippen LogP contribution in [0.5, 0.6) is 5.75 Å². The topological polar surface area (TPSA) is 611 Å². The van der Waals surface area contributed by atoms with Gasteiger partial charge in [-0.25, -0.2) is 67.2 Å². The van der Waals surface area contributed by atoms with Gasteiger partial charge in [-0.1, -0.05) is 113 Å².